The number of para-hydroxylation sites is 1. The van der Waals surface area contributed by atoms with E-state index < -0.39 is 0 Å². The van der Waals surface area contributed by atoms with E-state index in [4.69, 9.17) is 9.72 Å². The van der Waals surface area contributed by atoms with Crippen molar-refractivity contribution in [2.75, 3.05) is 19.0 Å². The zero-order chi connectivity index (χ0) is 30.0. The van der Waals surface area contributed by atoms with Crippen LogP contribution in [0.25, 0.3) is 27.2 Å². The van der Waals surface area contributed by atoms with Crippen molar-refractivity contribution < 1.29 is 14.3 Å². The first-order valence-corrected chi connectivity index (χ1v) is 15.8. The molecule has 4 aromatic heterocycles. The van der Waals surface area contributed by atoms with Crippen LogP contribution in [0, 0.1) is 5.92 Å². The number of thiazole rings is 1. The molecule has 0 saturated heterocycles. The molecule has 0 spiro atoms. The fourth-order valence-corrected chi connectivity index (χ4v) is 6.50. The minimum atomic E-state index is -0.268. The Morgan fingerprint density at radius 2 is 1.98 bits per heavy atom. The highest BCUT2D eigenvalue weighted by molar-refractivity contribution is 7.17. The number of rotatable bonds is 10. The lowest BCUT2D eigenvalue weighted by Gasteiger charge is -2.20. The minimum absolute atomic E-state index is 0.0163. The molecule has 0 bridgehead atoms. The normalized spacial score (nSPS) is 14.3. The van der Waals surface area contributed by atoms with Gasteiger partial charge in [-0.3, -0.25) is 14.6 Å². The standard InChI is InChI=1S/C32H32N8O3S/c1-33-30(42)28-31(37-32(44-28)20-14-15-34-26(17-20)36-29(41)19-12-13-19)43-16-6-7-21-18-40(39-38-21)27-22-8-2-4-10-24(22)35-25-11-5-3-9-23(25)27/h2,4,8,10,14-15,17-19H,3,5-7,9,11-13,16H2,1H3,(H,33,42)(H,34,36,41). The molecule has 0 atom stereocenters. The number of hydrogen-bond donors (Lipinski definition) is 2. The van der Waals surface area contributed by atoms with Crippen LogP contribution in [0.15, 0.2) is 48.8 Å². The Kier molecular flexibility index (Phi) is 7.73. The molecule has 12 heteroatoms. The summed E-state index contributed by atoms with van der Waals surface area (Å²) in [4.78, 5) is 39.1. The molecule has 1 aromatic carbocycles. The second-order valence-corrected chi connectivity index (χ2v) is 12.1. The molecule has 5 aromatic rings. The van der Waals surface area contributed by atoms with Gasteiger partial charge in [-0.05, 0) is 69.6 Å². The number of fused-ring (bicyclic) bond motifs is 2. The fourth-order valence-electron chi connectivity index (χ4n) is 5.54. The summed E-state index contributed by atoms with van der Waals surface area (Å²) in [6.07, 6.45) is 11.1. The zero-order valence-corrected chi connectivity index (χ0v) is 25.2. The van der Waals surface area contributed by atoms with Gasteiger partial charge in [0.05, 0.1) is 29.7 Å². The number of benzene rings is 1. The Bertz CT molecular complexity index is 1860. The Hall–Kier alpha value is -4.71. The molecule has 7 rings (SSSR count). The number of aryl methyl sites for hydroxylation is 2. The van der Waals surface area contributed by atoms with Gasteiger partial charge in [0.15, 0.2) is 4.88 Å². The van der Waals surface area contributed by atoms with Crippen LogP contribution in [-0.2, 0) is 24.1 Å². The number of pyridine rings is 2. The van der Waals surface area contributed by atoms with Crippen molar-refractivity contribution in [3.8, 4) is 22.1 Å². The predicted octanol–water partition coefficient (Wildman–Crippen LogP) is 4.93. The summed E-state index contributed by atoms with van der Waals surface area (Å²) in [5, 5.41) is 16.2. The van der Waals surface area contributed by atoms with Crippen molar-refractivity contribution >= 4 is 39.9 Å². The first kappa shape index (κ1) is 28.1. The maximum absolute atomic E-state index is 12.6. The van der Waals surface area contributed by atoms with Crippen molar-refractivity contribution in [1.82, 2.24) is 35.3 Å². The van der Waals surface area contributed by atoms with E-state index in [1.165, 1.54) is 16.9 Å². The maximum Gasteiger partial charge on any atom is 0.266 e. The number of aromatic nitrogens is 6. The highest BCUT2D eigenvalue weighted by atomic mass is 32.1. The fraction of sp³-hybridized carbons (Fsp3) is 0.344. The highest BCUT2D eigenvalue weighted by Gasteiger charge is 2.30. The molecule has 2 N–H and O–H groups in total. The van der Waals surface area contributed by atoms with Gasteiger partial charge in [0.2, 0.25) is 11.8 Å². The van der Waals surface area contributed by atoms with E-state index >= 15 is 0 Å². The number of hydrogen-bond acceptors (Lipinski definition) is 9. The van der Waals surface area contributed by atoms with Crippen LogP contribution < -0.4 is 15.4 Å². The van der Waals surface area contributed by atoms with E-state index in [0.717, 1.165) is 72.1 Å². The third-order valence-electron chi connectivity index (χ3n) is 7.96. The lowest BCUT2D eigenvalue weighted by atomic mass is 9.93. The molecule has 0 unspecified atom stereocenters. The van der Waals surface area contributed by atoms with E-state index in [0.29, 0.717) is 35.2 Å². The van der Waals surface area contributed by atoms with Crippen LogP contribution in [-0.4, -0.2) is 55.4 Å². The van der Waals surface area contributed by atoms with E-state index in [9.17, 15) is 9.59 Å². The Morgan fingerprint density at radius 3 is 2.84 bits per heavy atom. The Morgan fingerprint density at radius 1 is 1.11 bits per heavy atom. The van der Waals surface area contributed by atoms with Gasteiger partial charge in [-0.2, -0.15) is 0 Å². The SMILES string of the molecule is CNC(=O)c1sc(-c2ccnc(NC(=O)C3CC3)c2)nc1OCCCc1cn(-c2c3c(nc4ccccc24)CCCC3)nn1. The van der Waals surface area contributed by atoms with Gasteiger partial charge in [0.25, 0.3) is 5.91 Å². The summed E-state index contributed by atoms with van der Waals surface area (Å²) in [5.41, 5.74) is 6.10. The quantitative estimate of drug-likeness (QED) is 0.213. The molecular weight excluding hydrogens is 576 g/mol. The molecule has 2 aliphatic rings. The van der Waals surface area contributed by atoms with Crippen LogP contribution in [0.1, 0.15) is 58.7 Å². The van der Waals surface area contributed by atoms with Gasteiger partial charge >= 0.3 is 0 Å². The van der Waals surface area contributed by atoms with Crippen LogP contribution >= 0.6 is 11.3 Å². The zero-order valence-electron chi connectivity index (χ0n) is 24.4. The third-order valence-corrected chi connectivity index (χ3v) is 9.05. The molecule has 224 valence electrons. The molecule has 4 heterocycles. The number of ether oxygens (including phenoxy) is 1. The van der Waals surface area contributed by atoms with Gasteiger partial charge < -0.3 is 15.4 Å². The summed E-state index contributed by atoms with van der Waals surface area (Å²) >= 11 is 1.24. The van der Waals surface area contributed by atoms with Gasteiger partial charge in [0.1, 0.15) is 10.8 Å². The Labute approximate surface area is 258 Å². The average Bonchev–Trinajstić information content (AvgIpc) is 3.67. The number of nitrogens with zero attached hydrogens (tertiary/aromatic N) is 6. The number of anilines is 1. The second kappa shape index (κ2) is 12.1. The third kappa shape index (κ3) is 5.77. The van der Waals surface area contributed by atoms with Crippen LogP contribution in [0.4, 0.5) is 5.82 Å². The second-order valence-electron chi connectivity index (χ2n) is 11.1. The molecular formula is C32H32N8O3S. The van der Waals surface area contributed by atoms with E-state index in [1.54, 1.807) is 25.4 Å². The van der Waals surface area contributed by atoms with Crippen molar-refractivity contribution in [3.63, 3.8) is 0 Å². The van der Waals surface area contributed by atoms with Gasteiger partial charge in [0, 0.05) is 41.4 Å². The molecule has 2 aliphatic carbocycles. The summed E-state index contributed by atoms with van der Waals surface area (Å²) in [5.74, 6) is 0.536. The molecule has 1 fully saturated rings. The smallest absolute Gasteiger partial charge is 0.266 e. The van der Waals surface area contributed by atoms with Crippen molar-refractivity contribution in [2.45, 2.75) is 51.4 Å². The highest BCUT2D eigenvalue weighted by Crippen LogP contribution is 2.35. The summed E-state index contributed by atoms with van der Waals surface area (Å²) in [7, 11) is 1.58. The maximum atomic E-state index is 12.6. The van der Waals surface area contributed by atoms with E-state index in [-0.39, 0.29) is 23.6 Å². The predicted molar refractivity (Wildman–Crippen MR) is 167 cm³/mol. The van der Waals surface area contributed by atoms with Crippen LogP contribution in [0.5, 0.6) is 5.88 Å². The number of carbonyl (C=O) groups is 2. The van der Waals surface area contributed by atoms with Gasteiger partial charge in [-0.15, -0.1) is 16.4 Å². The first-order valence-electron chi connectivity index (χ1n) is 15.0. The summed E-state index contributed by atoms with van der Waals surface area (Å²) < 4.78 is 7.93. The Balaban J connectivity index is 1.04. The summed E-state index contributed by atoms with van der Waals surface area (Å²) in [6.45, 7) is 0.354. The van der Waals surface area contributed by atoms with E-state index in [1.807, 2.05) is 23.0 Å². The lowest BCUT2D eigenvalue weighted by Crippen LogP contribution is -2.17. The van der Waals surface area contributed by atoms with Crippen LogP contribution in [0.2, 0.25) is 0 Å². The topological polar surface area (TPSA) is 137 Å². The molecule has 1 saturated carbocycles. The molecule has 0 radical (unpaired) electrons. The molecule has 44 heavy (non-hydrogen) atoms. The van der Waals surface area contributed by atoms with Gasteiger partial charge in [-0.25, -0.2) is 14.6 Å². The van der Waals surface area contributed by atoms with Gasteiger partial charge in [-0.1, -0.05) is 23.4 Å². The average molecular weight is 609 g/mol. The van der Waals surface area contributed by atoms with Crippen molar-refractivity contribution in [3.05, 3.63) is 70.6 Å². The summed E-state index contributed by atoms with van der Waals surface area (Å²) in [6, 6.07) is 11.8. The molecule has 2 amide bonds. The number of carbonyl (C=O) groups excluding carboxylic acids is 2. The van der Waals surface area contributed by atoms with Crippen molar-refractivity contribution in [1.29, 1.82) is 0 Å². The van der Waals surface area contributed by atoms with E-state index in [2.05, 4.69) is 43.0 Å². The number of amides is 2. The lowest BCUT2D eigenvalue weighted by molar-refractivity contribution is -0.117. The monoisotopic (exact) mass is 608 g/mol. The minimum Gasteiger partial charge on any atom is -0.476 e. The molecule has 0 aliphatic heterocycles. The van der Waals surface area contributed by atoms with Crippen LogP contribution in [0.3, 0.4) is 0 Å². The molecule has 11 nitrogen and oxygen atoms in total. The number of nitrogens with one attached hydrogen (secondary N) is 2. The first-order chi connectivity index (χ1) is 21.6. The largest absolute Gasteiger partial charge is 0.476 e. The van der Waals surface area contributed by atoms with Crippen molar-refractivity contribution in [2.24, 2.45) is 5.92 Å².